The number of nitrogens with one attached hydrogen (secondary N) is 2. The van der Waals surface area contributed by atoms with Crippen molar-refractivity contribution >= 4 is 21.9 Å². The molecule has 1 aromatic carbocycles. The zero-order valence-electron chi connectivity index (χ0n) is 10.1. The van der Waals surface area contributed by atoms with E-state index in [1.165, 1.54) is 6.21 Å². The highest BCUT2D eigenvalue weighted by Crippen LogP contribution is 2.15. The quantitative estimate of drug-likeness (QED) is 0.490. The summed E-state index contributed by atoms with van der Waals surface area (Å²) in [4.78, 5) is 14.6. The molecule has 0 atom stereocenters. The third-order valence-electron chi connectivity index (χ3n) is 2.36. The minimum absolute atomic E-state index is 0.105. The molecule has 0 aliphatic carbocycles. The van der Waals surface area contributed by atoms with Crippen LogP contribution in [-0.2, 0) is 10.0 Å². The van der Waals surface area contributed by atoms with Crippen LogP contribution < -0.4 is 4.83 Å². The van der Waals surface area contributed by atoms with Crippen molar-refractivity contribution in [1.82, 2.24) is 9.82 Å². The van der Waals surface area contributed by atoms with Crippen molar-refractivity contribution < 1.29 is 13.3 Å². The Kier molecular flexibility index (Phi) is 3.80. The molecule has 9 heteroatoms. The molecule has 0 unspecified atom stereocenters. The maximum atomic E-state index is 11.8. The standard InChI is InChI=1S/C11H10N4O4S/c16-15(17)10-3-5-11(6-4-10)20(18,19)14-13-8-9-2-1-7-12-9/h1-8,12,14H. The lowest BCUT2D eigenvalue weighted by Gasteiger charge is -2.02. The lowest BCUT2D eigenvalue weighted by atomic mass is 10.3. The van der Waals surface area contributed by atoms with Crippen LogP contribution >= 0.6 is 0 Å². The van der Waals surface area contributed by atoms with Gasteiger partial charge in [-0.05, 0) is 24.3 Å². The fourth-order valence-corrected chi connectivity index (χ4v) is 2.18. The van der Waals surface area contributed by atoms with Crippen LogP contribution in [0.4, 0.5) is 5.69 Å². The van der Waals surface area contributed by atoms with Crippen molar-refractivity contribution in [3.63, 3.8) is 0 Å². The van der Waals surface area contributed by atoms with Crippen LogP contribution in [0.15, 0.2) is 52.6 Å². The van der Waals surface area contributed by atoms with E-state index in [2.05, 4.69) is 10.1 Å². The lowest BCUT2D eigenvalue weighted by molar-refractivity contribution is -0.384. The molecule has 20 heavy (non-hydrogen) atoms. The number of aromatic nitrogens is 1. The third kappa shape index (κ3) is 3.20. The van der Waals surface area contributed by atoms with Crippen LogP contribution in [0.3, 0.4) is 0 Å². The molecule has 0 amide bonds. The molecule has 0 bridgehead atoms. The number of aromatic amines is 1. The van der Waals surface area contributed by atoms with Crippen LogP contribution in [0.5, 0.6) is 0 Å². The molecule has 8 nitrogen and oxygen atoms in total. The van der Waals surface area contributed by atoms with E-state index in [0.717, 1.165) is 24.3 Å². The number of rotatable bonds is 5. The summed E-state index contributed by atoms with van der Waals surface area (Å²) < 4.78 is 23.7. The first-order valence-corrected chi connectivity index (χ1v) is 6.90. The van der Waals surface area contributed by atoms with E-state index >= 15 is 0 Å². The van der Waals surface area contributed by atoms with Crippen LogP contribution in [0.2, 0.25) is 0 Å². The van der Waals surface area contributed by atoms with Gasteiger partial charge in [-0.2, -0.15) is 13.5 Å². The molecular weight excluding hydrogens is 284 g/mol. The Bertz CT molecular complexity index is 720. The first-order valence-electron chi connectivity index (χ1n) is 5.42. The van der Waals surface area contributed by atoms with Gasteiger partial charge in [-0.25, -0.2) is 4.83 Å². The molecular formula is C11H10N4O4S. The predicted octanol–water partition coefficient (Wildman–Crippen LogP) is 1.24. The van der Waals surface area contributed by atoms with Crippen LogP contribution in [-0.4, -0.2) is 24.5 Å². The Morgan fingerprint density at radius 2 is 1.95 bits per heavy atom. The summed E-state index contributed by atoms with van der Waals surface area (Å²) in [5.74, 6) is 0. The maximum Gasteiger partial charge on any atom is 0.276 e. The van der Waals surface area contributed by atoms with E-state index in [9.17, 15) is 18.5 Å². The van der Waals surface area contributed by atoms with Gasteiger partial charge in [0.15, 0.2) is 0 Å². The fraction of sp³-hybridized carbons (Fsp3) is 0. The molecule has 0 aliphatic heterocycles. The average molecular weight is 294 g/mol. The van der Waals surface area contributed by atoms with Gasteiger partial charge in [0.05, 0.1) is 21.7 Å². The molecule has 0 radical (unpaired) electrons. The highest BCUT2D eigenvalue weighted by Gasteiger charge is 2.14. The second kappa shape index (κ2) is 5.53. The Morgan fingerprint density at radius 1 is 1.25 bits per heavy atom. The smallest absolute Gasteiger partial charge is 0.276 e. The van der Waals surface area contributed by atoms with Crippen molar-refractivity contribution in [2.24, 2.45) is 5.10 Å². The Balaban J connectivity index is 2.12. The summed E-state index contributed by atoms with van der Waals surface area (Å²) in [6, 6.07) is 7.97. The number of hydrazone groups is 1. The topological polar surface area (TPSA) is 117 Å². The van der Waals surface area contributed by atoms with E-state index in [1.54, 1.807) is 18.3 Å². The van der Waals surface area contributed by atoms with Gasteiger partial charge in [0.2, 0.25) is 0 Å². The van der Waals surface area contributed by atoms with Crippen molar-refractivity contribution in [2.75, 3.05) is 0 Å². The summed E-state index contributed by atoms with van der Waals surface area (Å²) >= 11 is 0. The highest BCUT2D eigenvalue weighted by molar-refractivity contribution is 7.89. The number of nitro groups is 1. The molecule has 0 fully saturated rings. The predicted molar refractivity (Wildman–Crippen MR) is 71.8 cm³/mol. The van der Waals surface area contributed by atoms with E-state index in [-0.39, 0.29) is 10.6 Å². The molecule has 0 aliphatic rings. The van der Waals surface area contributed by atoms with Crippen LogP contribution in [0, 0.1) is 10.1 Å². The first kappa shape index (κ1) is 13.7. The Labute approximate surface area is 114 Å². The monoisotopic (exact) mass is 294 g/mol. The van der Waals surface area contributed by atoms with Gasteiger partial charge in [0, 0.05) is 18.3 Å². The number of benzene rings is 1. The van der Waals surface area contributed by atoms with Crippen molar-refractivity contribution in [3.8, 4) is 0 Å². The average Bonchev–Trinajstić information content (AvgIpc) is 2.92. The lowest BCUT2D eigenvalue weighted by Crippen LogP contribution is -2.18. The van der Waals surface area contributed by atoms with E-state index in [1.807, 2.05) is 4.83 Å². The van der Waals surface area contributed by atoms with Gasteiger partial charge >= 0.3 is 0 Å². The molecule has 1 aromatic heterocycles. The molecule has 104 valence electrons. The van der Waals surface area contributed by atoms with Gasteiger partial charge < -0.3 is 4.98 Å². The van der Waals surface area contributed by atoms with E-state index < -0.39 is 14.9 Å². The summed E-state index contributed by atoms with van der Waals surface area (Å²) in [7, 11) is -3.84. The minimum atomic E-state index is -3.84. The molecule has 1 heterocycles. The van der Waals surface area contributed by atoms with Gasteiger partial charge in [0.1, 0.15) is 0 Å². The van der Waals surface area contributed by atoms with Crippen molar-refractivity contribution in [1.29, 1.82) is 0 Å². The van der Waals surface area contributed by atoms with Crippen LogP contribution in [0.1, 0.15) is 5.69 Å². The molecule has 2 N–H and O–H groups in total. The molecule has 0 spiro atoms. The second-order valence-electron chi connectivity index (χ2n) is 3.73. The Hall–Kier alpha value is -2.68. The number of nitro benzene ring substituents is 1. The summed E-state index contributed by atoms with van der Waals surface area (Å²) in [6.07, 6.45) is 2.98. The summed E-state index contributed by atoms with van der Waals surface area (Å²) in [6.45, 7) is 0. The highest BCUT2D eigenvalue weighted by atomic mass is 32.2. The first-order chi connectivity index (χ1) is 9.49. The van der Waals surface area contributed by atoms with Gasteiger partial charge in [-0.1, -0.05) is 0 Å². The van der Waals surface area contributed by atoms with Gasteiger partial charge in [-0.3, -0.25) is 10.1 Å². The Morgan fingerprint density at radius 3 is 2.50 bits per heavy atom. The number of H-pyrrole nitrogens is 1. The number of hydrogen-bond acceptors (Lipinski definition) is 5. The summed E-state index contributed by atoms with van der Waals surface area (Å²) in [5.41, 5.74) is 0.454. The van der Waals surface area contributed by atoms with Crippen LogP contribution in [0.25, 0.3) is 0 Å². The van der Waals surface area contributed by atoms with Crippen molar-refractivity contribution in [3.05, 3.63) is 58.4 Å². The SMILES string of the molecule is O=[N+]([O-])c1ccc(S(=O)(=O)NN=Cc2ccc[nH]2)cc1. The number of non-ortho nitro benzene ring substituents is 1. The maximum absolute atomic E-state index is 11.8. The third-order valence-corrected chi connectivity index (χ3v) is 3.59. The van der Waals surface area contributed by atoms with Gasteiger partial charge in [0.25, 0.3) is 15.7 Å². The van der Waals surface area contributed by atoms with Gasteiger partial charge in [-0.15, -0.1) is 0 Å². The normalized spacial score (nSPS) is 11.6. The number of sulfonamides is 1. The zero-order chi connectivity index (χ0) is 14.6. The molecule has 2 rings (SSSR count). The number of hydrogen-bond donors (Lipinski definition) is 2. The fourth-order valence-electron chi connectivity index (χ4n) is 1.39. The van der Waals surface area contributed by atoms with E-state index in [4.69, 9.17) is 0 Å². The van der Waals surface area contributed by atoms with Crippen molar-refractivity contribution in [2.45, 2.75) is 4.90 Å². The largest absolute Gasteiger partial charge is 0.360 e. The summed E-state index contributed by atoms with van der Waals surface area (Å²) in [5, 5.41) is 14.1. The second-order valence-corrected chi connectivity index (χ2v) is 5.39. The zero-order valence-corrected chi connectivity index (χ0v) is 10.9. The molecule has 0 saturated carbocycles. The molecule has 2 aromatic rings. The molecule has 0 saturated heterocycles. The number of nitrogens with zero attached hydrogens (tertiary/aromatic N) is 2. The minimum Gasteiger partial charge on any atom is -0.360 e. The van der Waals surface area contributed by atoms with E-state index in [0.29, 0.717) is 5.69 Å².